The number of anilines is 1. The van der Waals surface area contributed by atoms with Gasteiger partial charge < -0.3 is 14.6 Å². The quantitative estimate of drug-likeness (QED) is 0.402. The van der Waals surface area contributed by atoms with Crippen molar-refractivity contribution in [3.05, 3.63) is 59.0 Å². The van der Waals surface area contributed by atoms with Crippen LogP contribution in [-0.2, 0) is 14.3 Å². The van der Waals surface area contributed by atoms with Gasteiger partial charge in [0.05, 0.1) is 41.4 Å². The van der Waals surface area contributed by atoms with Crippen molar-refractivity contribution < 1.29 is 24.2 Å². The lowest BCUT2D eigenvalue weighted by atomic mass is 9.66. The summed E-state index contributed by atoms with van der Waals surface area (Å²) < 4.78 is 12.1. The zero-order chi connectivity index (χ0) is 26.1. The number of halogens is 1. The Hall–Kier alpha value is -3.58. The maximum absolute atomic E-state index is 13.9. The number of aliphatic hydroxyl groups excluding tert-OH is 1. The van der Waals surface area contributed by atoms with Crippen LogP contribution in [0.1, 0.15) is 31.2 Å². The van der Waals surface area contributed by atoms with Gasteiger partial charge in [0.1, 0.15) is 22.6 Å². The number of aryl methyl sites for hydroxylation is 1. The molecule has 3 aliphatic heterocycles. The monoisotopic (exact) mass is 518 g/mol. The molecule has 3 aromatic rings. The van der Waals surface area contributed by atoms with Gasteiger partial charge in [0.25, 0.3) is 0 Å². The van der Waals surface area contributed by atoms with Crippen molar-refractivity contribution in [1.29, 1.82) is 5.26 Å². The molecule has 1 aromatic heterocycles. The normalized spacial score (nSPS) is 30.1. The lowest BCUT2D eigenvalue weighted by molar-refractivity contribution is -0.134. The number of amides is 2. The van der Waals surface area contributed by atoms with E-state index < -0.39 is 41.0 Å². The molecule has 9 nitrogen and oxygen atoms in total. The van der Waals surface area contributed by atoms with Gasteiger partial charge in [0.2, 0.25) is 17.7 Å². The number of carbonyl (C=O) groups excluding carboxylic acids is 2. The Morgan fingerprint density at radius 3 is 2.73 bits per heavy atom. The molecular formula is C27H23ClN4O5. The number of nitrogens with zero attached hydrogens (tertiary/aromatic N) is 4. The van der Waals surface area contributed by atoms with Gasteiger partial charge in [0, 0.05) is 24.3 Å². The number of imide groups is 1. The van der Waals surface area contributed by atoms with E-state index in [-0.39, 0.29) is 41.7 Å². The first-order chi connectivity index (χ1) is 17.7. The summed E-state index contributed by atoms with van der Waals surface area (Å²) >= 11 is 6.00. The van der Waals surface area contributed by atoms with E-state index in [4.69, 9.17) is 21.1 Å². The lowest BCUT2D eigenvalue weighted by Crippen LogP contribution is -2.49. The van der Waals surface area contributed by atoms with Crippen LogP contribution in [0.3, 0.4) is 0 Å². The van der Waals surface area contributed by atoms with Crippen LogP contribution in [-0.4, -0.2) is 50.8 Å². The Balaban J connectivity index is 1.35. The molecule has 5 atom stereocenters. The maximum Gasteiger partial charge on any atom is 0.240 e. The summed E-state index contributed by atoms with van der Waals surface area (Å²) in [5.74, 6) is -1.85. The highest BCUT2D eigenvalue weighted by molar-refractivity contribution is 6.29. The zero-order valence-electron chi connectivity index (χ0n) is 20.1. The fourth-order valence-corrected chi connectivity index (χ4v) is 6.55. The number of aliphatic hydroxyl groups is 1. The van der Waals surface area contributed by atoms with E-state index in [1.165, 1.54) is 6.07 Å². The van der Waals surface area contributed by atoms with Crippen molar-refractivity contribution in [2.75, 3.05) is 11.5 Å². The Morgan fingerprint density at radius 1 is 1.22 bits per heavy atom. The predicted molar refractivity (Wildman–Crippen MR) is 133 cm³/mol. The van der Waals surface area contributed by atoms with Crippen molar-refractivity contribution >= 4 is 39.9 Å². The highest BCUT2D eigenvalue weighted by Gasteiger charge is 2.77. The molecule has 6 rings (SSSR count). The van der Waals surface area contributed by atoms with Gasteiger partial charge in [-0.25, -0.2) is 9.88 Å². The second kappa shape index (κ2) is 8.21. The molecule has 188 valence electrons. The minimum Gasteiger partial charge on any atom is -0.477 e. The Bertz CT molecular complexity index is 1500. The molecule has 3 fully saturated rings. The summed E-state index contributed by atoms with van der Waals surface area (Å²) in [6, 6.07) is 14.4. The Labute approximate surface area is 217 Å². The molecule has 3 saturated heterocycles. The molecule has 0 spiro atoms. The number of aromatic nitrogens is 2. The van der Waals surface area contributed by atoms with E-state index in [0.29, 0.717) is 11.2 Å². The topological polar surface area (TPSA) is 126 Å². The molecule has 2 aromatic carbocycles. The highest BCUT2D eigenvalue weighted by Crippen LogP contribution is 2.62. The number of benzene rings is 2. The van der Waals surface area contributed by atoms with Crippen LogP contribution in [0.5, 0.6) is 5.88 Å². The molecule has 2 bridgehead atoms. The van der Waals surface area contributed by atoms with Crippen LogP contribution in [0.2, 0.25) is 5.15 Å². The second-order valence-electron chi connectivity index (χ2n) is 10.0. The SMILES string of the molecule is Cc1nc(Cl)cc(OCCC23CC(O)C(C)(O2)C2C(=O)N(c4ccc5ccccc5c4C#N)C(=O)C23)n1. The van der Waals surface area contributed by atoms with E-state index in [0.717, 1.165) is 10.3 Å². The van der Waals surface area contributed by atoms with Gasteiger partial charge in [-0.15, -0.1) is 0 Å². The van der Waals surface area contributed by atoms with Crippen LogP contribution >= 0.6 is 11.6 Å². The average Bonchev–Trinajstić information content (AvgIpc) is 3.38. The third kappa shape index (κ3) is 3.37. The molecule has 1 N–H and O–H groups in total. The van der Waals surface area contributed by atoms with Crippen LogP contribution < -0.4 is 9.64 Å². The van der Waals surface area contributed by atoms with Gasteiger partial charge in [-0.2, -0.15) is 10.2 Å². The van der Waals surface area contributed by atoms with E-state index in [1.807, 2.05) is 18.2 Å². The number of ether oxygens (including phenoxy) is 2. The van der Waals surface area contributed by atoms with Crippen LogP contribution in [0, 0.1) is 30.1 Å². The van der Waals surface area contributed by atoms with Crippen molar-refractivity contribution in [2.24, 2.45) is 11.8 Å². The van der Waals surface area contributed by atoms with Crippen molar-refractivity contribution in [3.8, 4) is 11.9 Å². The zero-order valence-corrected chi connectivity index (χ0v) is 20.9. The maximum atomic E-state index is 13.9. The molecule has 10 heteroatoms. The van der Waals surface area contributed by atoms with E-state index in [2.05, 4.69) is 16.0 Å². The van der Waals surface area contributed by atoms with E-state index >= 15 is 0 Å². The predicted octanol–water partition coefficient (Wildman–Crippen LogP) is 3.33. The molecule has 3 aliphatic rings. The second-order valence-corrected chi connectivity index (χ2v) is 10.4. The molecule has 0 saturated carbocycles. The van der Waals surface area contributed by atoms with Crippen LogP contribution in [0.4, 0.5) is 5.69 Å². The fourth-order valence-electron chi connectivity index (χ4n) is 6.33. The third-order valence-electron chi connectivity index (χ3n) is 7.93. The van der Waals surface area contributed by atoms with E-state index in [9.17, 15) is 20.0 Å². The Kier molecular flexibility index (Phi) is 5.28. The van der Waals surface area contributed by atoms with Gasteiger partial charge in [0.15, 0.2) is 0 Å². The molecule has 2 amide bonds. The van der Waals surface area contributed by atoms with Crippen LogP contribution in [0.25, 0.3) is 10.8 Å². The highest BCUT2D eigenvalue weighted by atomic mass is 35.5. The number of hydrogen-bond donors (Lipinski definition) is 1. The molecule has 5 unspecified atom stereocenters. The summed E-state index contributed by atoms with van der Waals surface area (Å²) in [7, 11) is 0. The standard InChI is InChI=1S/C27H23ClN4O5/c1-14-30-20(28)11-21(31-14)36-10-9-27-12-19(33)26(2,37-27)22-23(27)25(35)32(24(22)34)18-8-7-15-5-3-4-6-16(15)17(18)13-29/h3-8,11,19,22-23,33H,9-10,12H2,1-2H3. The third-order valence-corrected chi connectivity index (χ3v) is 8.13. The summed E-state index contributed by atoms with van der Waals surface area (Å²) in [5, 5.41) is 22.7. The number of fused-ring (bicyclic) bond motifs is 6. The van der Waals surface area contributed by atoms with Crippen molar-refractivity contribution in [1.82, 2.24) is 9.97 Å². The first kappa shape index (κ1) is 23.8. The van der Waals surface area contributed by atoms with E-state index in [1.54, 1.807) is 32.0 Å². The number of rotatable bonds is 5. The summed E-state index contributed by atoms with van der Waals surface area (Å²) in [5.41, 5.74) is -1.83. The minimum atomic E-state index is -1.23. The van der Waals surface area contributed by atoms with Gasteiger partial charge in [-0.3, -0.25) is 9.59 Å². The molecule has 0 radical (unpaired) electrons. The average molecular weight is 519 g/mol. The molecular weight excluding hydrogens is 496 g/mol. The van der Waals surface area contributed by atoms with Crippen LogP contribution in [0.15, 0.2) is 42.5 Å². The summed E-state index contributed by atoms with van der Waals surface area (Å²) in [4.78, 5) is 37.1. The largest absolute Gasteiger partial charge is 0.477 e. The molecule has 4 heterocycles. The number of hydrogen-bond acceptors (Lipinski definition) is 8. The number of nitriles is 1. The summed E-state index contributed by atoms with van der Waals surface area (Å²) in [6.07, 6.45) is -0.502. The molecule has 0 aliphatic carbocycles. The van der Waals surface area contributed by atoms with Crippen molar-refractivity contribution in [2.45, 2.75) is 44.0 Å². The summed E-state index contributed by atoms with van der Waals surface area (Å²) in [6.45, 7) is 3.50. The van der Waals surface area contributed by atoms with Gasteiger partial charge in [-0.05, 0) is 25.3 Å². The fraction of sp³-hybridized carbons (Fsp3) is 0.370. The smallest absolute Gasteiger partial charge is 0.240 e. The number of carbonyl (C=O) groups is 2. The van der Waals surface area contributed by atoms with Gasteiger partial charge in [-0.1, -0.05) is 41.9 Å². The lowest BCUT2D eigenvalue weighted by Gasteiger charge is -2.33. The first-order valence-corrected chi connectivity index (χ1v) is 12.4. The Morgan fingerprint density at radius 2 is 1.97 bits per heavy atom. The van der Waals surface area contributed by atoms with Gasteiger partial charge >= 0.3 is 0 Å². The van der Waals surface area contributed by atoms with Crippen molar-refractivity contribution in [3.63, 3.8) is 0 Å². The first-order valence-electron chi connectivity index (χ1n) is 12.0. The molecule has 37 heavy (non-hydrogen) atoms. The minimum absolute atomic E-state index is 0.125.